The fourth-order valence-corrected chi connectivity index (χ4v) is 4.11. The van der Waals surface area contributed by atoms with E-state index in [-0.39, 0.29) is 29.3 Å². The Bertz CT molecular complexity index is 1170. The van der Waals surface area contributed by atoms with E-state index in [1.807, 2.05) is 40.4 Å². The molecule has 1 aliphatic rings. The van der Waals surface area contributed by atoms with Gasteiger partial charge in [-0.25, -0.2) is 4.98 Å². The number of benzene rings is 1. The number of rotatable bonds is 8. The molecule has 0 spiro atoms. The van der Waals surface area contributed by atoms with Crippen molar-refractivity contribution in [2.45, 2.75) is 33.2 Å². The van der Waals surface area contributed by atoms with Crippen LogP contribution >= 0.6 is 11.3 Å². The predicted molar refractivity (Wildman–Crippen MR) is 132 cm³/mol. The molecule has 180 valence electrons. The molecule has 2 N–H and O–H groups in total. The molecule has 3 aromatic rings. The van der Waals surface area contributed by atoms with E-state index in [2.05, 4.69) is 43.3 Å². The smallest absolute Gasteiger partial charge is 0.253 e. The number of thiazole rings is 1. The highest BCUT2D eigenvalue weighted by Gasteiger charge is 2.34. The molecular weight excluding hydrogens is 452 g/mol. The van der Waals surface area contributed by atoms with E-state index < -0.39 is 0 Å². The lowest BCUT2D eigenvalue weighted by molar-refractivity contribution is -0.120. The molecule has 34 heavy (non-hydrogen) atoms. The van der Waals surface area contributed by atoms with Gasteiger partial charge in [-0.05, 0) is 39.0 Å². The average Bonchev–Trinajstić information content (AvgIpc) is 3.45. The van der Waals surface area contributed by atoms with Crippen LogP contribution in [0.15, 0.2) is 48.1 Å². The Labute approximate surface area is 203 Å². The number of ether oxygens (including phenoxy) is 2. The Morgan fingerprint density at radius 1 is 1.26 bits per heavy atom. The van der Waals surface area contributed by atoms with Gasteiger partial charge in [-0.15, -0.1) is 11.3 Å². The second kappa shape index (κ2) is 9.60. The van der Waals surface area contributed by atoms with E-state index >= 15 is 0 Å². The van der Waals surface area contributed by atoms with Crippen LogP contribution in [0.25, 0.3) is 11.3 Å². The first-order valence-electron chi connectivity index (χ1n) is 11.1. The van der Waals surface area contributed by atoms with Crippen molar-refractivity contribution >= 4 is 28.3 Å². The first-order valence-corrected chi connectivity index (χ1v) is 12.0. The first kappa shape index (κ1) is 24.0. The first-order chi connectivity index (χ1) is 16.1. The van der Waals surface area contributed by atoms with Gasteiger partial charge < -0.3 is 24.7 Å². The Morgan fingerprint density at radius 3 is 2.74 bits per heavy atom. The lowest BCUT2D eigenvalue weighted by Crippen LogP contribution is -2.44. The number of hydrogen-bond donors (Lipinski definition) is 2. The van der Waals surface area contributed by atoms with Crippen LogP contribution in [0, 0.1) is 5.41 Å². The van der Waals surface area contributed by atoms with Crippen LogP contribution in [0.4, 0.5) is 5.13 Å². The van der Waals surface area contributed by atoms with Crippen molar-refractivity contribution < 1.29 is 19.1 Å². The van der Waals surface area contributed by atoms with Crippen molar-refractivity contribution in [1.29, 1.82) is 0 Å². The van der Waals surface area contributed by atoms with E-state index in [1.54, 1.807) is 12.3 Å². The van der Waals surface area contributed by atoms with Crippen molar-refractivity contribution in [3.8, 4) is 17.0 Å². The lowest BCUT2D eigenvalue weighted by Gasteiger charge is -2.37. The Balaban J connectivity index is 1.29. The van der Waals surface area contributed by atoms with Crippen LogP contribution in [0.5, 0.6) is 5.75 Å². The second-order valence-electron chi connectivity index (χ2n) is 9.87. The summed E-state index contributed by atoms with van der Waals surface area (Å²) in [7, 11) is 0. The number of nitrogens with one attached hydrogen (secondary N) is 2. The molecule has 2 amide bonds. The molecule has 1 saturated heterocycles. The standard InChI is InChI=1S/C25H30N4O4S/c1-24(2,3)29-9-8-18(12-29)22(31)26-11-21(30)28-23-27-20(13-34-23)17-6-5-7-19(10-17)33-16-25(4)14-32-15-25/h5-10,12-13H,11,14-16H2,1-4H3,(H,26,31)(H,27,28,30). The molecule has 8 nitrogen and oxygen atoms in total. The number of carbonyl (C=O) groups is 2. The molecule has 0 atom stereocenters. The lowest BCUT2D eigenvalue weighted by atomic mass is 9.90. The number of aromatic nitrogens is 2. The SMILES string of the molecule is CC1(COc2cccc(-c3csc(NC(=O)CNC(=O)c4ccn(C(C)(C)C)c4)n3)c2)COC1. The van der Waals surface area contributed by atoms with Gasteiger partial charge in [0.1, 0.15) is 5.75 Å². The molecule has 1 aliphatic heterocycles. The van der Waals surface area contributed by atoms with Crippen LogP contribution in [-0.2, 0) is 15.1 Å². The van der Waals surface area contributed by atoms with Crippen molar-refractivity contribution in [2.24, 2.45) is 5.41 Å². The largest absolute Gasteiger partial charge is 0.493 e. The van der Waals surface area contributed by atoms with Crippen molar-refractivity contribution in [1.82, 2.24) is 14.9 Å². The van der Waals surface area contributed by atoms with Crippen LogP contribution in [-0.4, -0.2) is 47.7 Å². The van der Waals surface area contributed by atoms with E-state index in [4.69, 9.17) is 9.47 Å². The molecule has 0 bridgehead atoms. The van der Waals surface area contributed by atoms with Gasteiger partial charge in [-0.3, -0.25) is 9.59 Å². The number of anilines is 1. The summed E-state index contributed by atoms with van der Waals surface area (Å²) in [4.78, 5) is 29.2. The average molecular weight is 483 g/mol. The Kier molecular flexibility index (Phi) is 6.77. The molecule has 2 aromatic heterocycles. The van der Waals surface area contributed by atoms with E-state index in [9.17, 15) is 9.59 Å². The van der Waals surface area contributed by atoms with E-state index in [0.29, 0.717) is 30.5 Å². The van der Waals surface area contributed by atoms with Crippen molar-refractivity contribution in [3.05, 3.63) is 53.7 Å². The molecule has 0 saturated carbocycles. The zero-order valence-corrected chi connectivity index (χ0v) is 20.7. The summed E-state index contributed by atoms with van der Waals surface area (Å²) in [5.74, 6) is 0.141. The summed E-state index contributed by atoms with van der Waals surface area (Å²) < 4.78 is 13.2. The minimum Gasteiger partial charge on any atom is -0.493 e. The molecule has 0 unspecified atom stereocenters. The summed E-state index contributed by atoms with van der Waals surface area (Å²) in [5, 5.41) is 7.75. The second-order valence-corrected chi connectivity index (χ2v) is 10.7. The van der Waals surface area contributed by atoms with Gasteiger partial charge in [-0.2, -0.15) is 0 Å². The zero-order valence-electron chi connectivity index (χ0n) is 19.9. The van der Waals surface area contributed by atoms with Crippen LogP contribution < -0.4 is 15.4 Å². The molecular formula is C25H30N4O4S. The van der Waals surface area contributed by atoms with Gasteiger partial charge in [0.05, 0.1) is 37.6 Å². The van der Waals surface area contributed by atoms with Gasteiger partial charge in [-0.1, -0.05) is 19.1 Å². The highest BCUT2D eigenvalue weighted by molar-refractivity contribution is 7.14. The number of carbonyl (C=O) groups excluding carboxylic acids is 2. The highest BCUT2D eigenvalue weighted by atomic mass is 32.1. The molecule has 9 heteroatoms. The topological polar surface area (TPSA) is 94.5 Å². The van der Waals surface area contributed by atoms with Gasteiger partial charge in [0.15, 0.2) is 5.13 Å². The van der Waals surface area contributed by atoms with Gasteiger partial charge in [0.2, 0.25) is 5.91 Å². The maximum atomic E-state index is 12.4. The monoisotopic (exact) mass is 482 g/mol. The number of hydrogen-bond acceptors (Lipinski definition) is 6. The normalized spacial score (nSPS) is 14.8. The molecule has 0 radical (unpaired) electrons. The molecule has 4 rings (SSSR count). The summed E-state index contributed by atoms with van der Waals surface area (Å²) >= 11 is 1.33. The van der Waals surface area contributed by atoms with Crippen LogP contribution in [0.2, 0.25) is 0 Å². The fourth-order valence-electron chi connectivity index (χ4n) is 3.37. The maximum absolute atomic E-state index is 12.4. The third-order valence-corrected chi connectivity index (χ3v) is 6.27. The van der Waals surface area contributed by atoms with Crippen molar-refractivity contribution in [2.75, 3.05) is 31.7 Å². The minimum atomic E-state index is -0.336. The van der Waals surface area contributed by atoms with Gasteiger partial charge in [0.25, 0.3) is 5.91 Å². The Morgan fingerprint density at radius 2 is 2.06 bits per heavy atom. The molecule has 1 aromatic carbocycles. The minimum absolute atomic E-state index is 0.0695. The Hall–Kier alpha value is -3.17. The summed E-state index contributed by atoms with van der Waals surface area (Å²) in [6.45, 7) is 10.2. The predicted octanol–water partition coefficient (Wildman–Crippen LogP) is 4.15. The van der Waals surface area contributed by atoms with Crippen molar-refractivity contribution in [3.63, 3.8) is 0 Å². The summed E-state index contributed by atoms with van der Waals surface area (Å²) in [6, 6.07) is 9.47. The third-order valence-electron chi connectivity index (χ3n) is 5.51. The van der Waals surface area contributed by atoms with Crippen LogP contribution in [0.3, 0.4) is 0 Å². The van der Waals surface area contributed by atoms with Crippen LogP contribution in [0.1, 0.15) is 38.1 Å². The maximum Gasteiger partial charge on any atom is 0.253 e. The summed E-state index contributed by atoms with van der Waals surface area (Å²) in [6.07, 6.45) is 3.63. The highest BCUT2D eigenvalue weighted by Crippen LogP contribution is 2.30. The number of nitrogens with zero attached hydrogens (tertiary/aromatic N) is 2. The third kappa shape index (κ3) is 5.84. The molecule has 0 aliphatic carbocycles. The quantitative estimate of drug-likeness (QED) is 0.503. The van der Waals surface area contributed by atoms with Gasteiger partial charge >= 0.3 is 0 Å². The fraction of sp³-hybridized carbons (Fsp3) is 0.400. The van der Waals surface area contributed by atoms with E-state index in [0.717, 1.165) is 17.0 Å². The zero-order chi connectivity index (χ0) is 24.3. The molecule has 3 heterocycles. The number of amides is 2. The van der Waals surface area contributed by atoms with Gasteiger partial charge in [0, 0.05) is 34.3 Å². The van der Waals surface area contributed by atoms with E-state index in [1.165, 1.54) is 11.3 Å². The molecule has 1 fully saturated rings. The summed E-state index contributed by atoms with van der Waals surface area (Å²) in [5.41, 5.74) is 2.12.